The number of para-hydroxylation sites is 1. The predicted octanol–water partition coefficient (Wildman–Crippen LogP) is 1.73. The van der Waals surface area contributed by atoms with Crippen LogP contribution in [0.2, 0.25) is 0 Å². The zero-order valence-corrected chi connectivity index (χ0v) is 8.64. The third-order valence-corrected chi connectivity index (χ3v) is 2.84. The van der Waals surface area contributed by atoms with Gasteiger partial charge in [0, 0.05) is 25.1 Å². The molecule has 1 heterocycles. The van der Waals surface area contributed by atoms with Gasteiger partial charge in [0.15, 0.2) is 0 Å². The van der Waals surface area contributed by atoms with E-state index in [1.54, 1.807) is 11.8 Å². The van der Waals surface area contributed by atoms with Crippen molar-refractivity contribution < 1.29 is 9.59 Å². The molecule has 0 aliphatic carbocycles. The highest BCUT2D eigenvalue weighted by atomic mass is 16.2. The van der Waals surface area contributed by atoms with Crippen molar-refractivity contribution in [3.63, 3.8) is 0 Å². The van der Waals surface area contributed by atoms with Crippen LogP contribution in [-0.2, 0) is 9.59 Å². The van der Waals surface area contributed by atoms with Gasteiger partial charge in [-0.05, 0) is 18.1 Å². The molecule has 2 rings (SSSR count). The van der Waals surface area contributed by atoms with E-state index in [2.05, 4.69) is 0 Å². The smallest absolute Gasteiger partial charge is 0.223 e. The number of nitrogens with zero attached hydrogens (tertiary/aromatic N) is 1. The first-order chi connectivity index (χ1) is 7.24. The van der Waals surface area contributed by atoms with Crippen LogP contribution in [-0.4, -0.2) is 18.7 Å². The first-order valence-electron chi connectivity index (χ1n) is 5.06. The normalized spacial score (nSPS) is 19.5. The van der Waals surface area contributed by atoms with Crippen LogP contribution < -0.4 is 4.90 Å². The van der Waals surface area contributed by atoms with Crippen molar-refractivity contribution in [1.82, 2.24) is 0 Å². The van der Waals surface area contributed by atoms with E-state index in [0.717, 1.165) is 24.0 Å². The predicted molar refractivity (Wildman–Crippen MR) is 57.9 cm³/mol. The Morgan fingerprint density at radius 1 is 1.47 bits per heavy atom. The second kappa shape index (κ2) is 3.85. The molecule has 0 N–H and O–H groups in total. The van der Waals surface area contributed by atoms with Gasteiger partial charge in [-0.25, -0.2) is 0 Å². The van der Waals surface area contributed by atoms with Gasteiger partial charge >= 0.3 is 0 Å². The van der Waals surface area contributed by atoms with Crippen LogP contribution in [0.15, 0.2) is 24.3 Å². The minimum Gasteiger partial charge on any atom is -0.312 e. The molecule has 0 saturated heterocycles. The Kier molecular flexibility index (Phi) is 2.54. The molecule has 1 amide bonds. The number of carbonyl (C=O) groups is 2. The second-order valence-corrected chi connectivity index (χ2v) is 3.76. The number of benzene rings is 1. The fourth-order valence-electron chi connectivity index (χ4n) is 2.06. The van der Waals surface area contributed by atoms with E-state index in [0.29, 0.717) is 6.54 Å². The minimum atomic E-state index is -0.0585. The zero-order chi connectivity index (χ0) is 10.8. The lowest BCUT2D eigenvalue weighted by Crippen LogP contribution is -2.35. The number of aldehydes is 1. The highest BCUT2D eigenvalue weighted by Gasteiger charge is 2.25. The van der Waals surface area contributed by atoms with Crippen molar-refractivity contribution in [2.75, 3.05) is 11.4 Å². The molecule has 0 saturated carbocycles. The molecule has 0 fully saturated rings. The lowest BCUT2D eigenvalue weighted by molar-refractivity contribution is -0.117. The molecule has 1 unspecified atom stereocenters. The number of carbonyl (C=O) groups excluding carboxylic acids is 2. The summed E-state index contributed by atoms with van der Waals surface area (Å²) in [5.41, 5.74) is 1.85. The van der Waals surface area contributed by atoms with Crippen LogP contribution in [0.4, 0.5) is 5.69 Å². The SMILES string of the molecule is CC(=O)N1CCC(C=O)c2ccccc21. The van der Waals surface area contributed by atoms with Gasteiger partial charge in [-0.3, -0.25) is 4.79 Å². The highest BCUT2D eigenvalue weighted by Crippen LogP contribution is 2.33. The summed E-state index contributed by atoms with van der Waals surface area (Å²) in [6.45, 7) is 2.19. The summed E-state index contributed by atoms with van der Waals surface area (Å²) in [6, 6.07) is 7.61. The van der Waals surface area contributed by atoms with E-state index in [-0.39, 0.29) is 11.8 Å². The van der Waals surface area contributed by atoms with Gasteiger partial charge in [0.25, 0.3) is 0 Å². The molecular formula is C12H13NO2. The van der Waals surface area contributed by atoms with Gasteiger partial charge in [0.05, 0.1) is 0 Å². The van der Waals surface area contributed by atoms with Gasteiger partial charge in [0.1, 0.15) is 6.29 Å². The minimum absolute atomic E-state index is 0.0341. The van der Waals surface area contributed by atoms with E-state index in [1.165, 1.54) is 0 Å². The van der Waals surface area contributed by atoms with E-state index in [1.807, 2.05) is 24.3 Å². The molecule has 78 valence electrons. The average Bonchev–Trinajstić information content (AvgIpc) is 2.27. The number of amides is 1. The Morgan fingerprint density at radius 3 is 2.87 bits per heavy atom. The third kappa shape index (κ3) is 1.65. The summed E-state index contributed by atoms with van der Waals surface area (Å²) >= 11 is 0. The highest BCUT2D eigenvalue weighted by molar-refractivity contribution is 5.94. The topological polar surface area (TPSA) is 37.4 Å². The molecule has 1 atom stereocenters. The molecule has 1 aliphatic rings. The third-order valence-electron chi connectivity index (χ3n) is 2.84. The van der Waals surface area contributed by atoms with Crippen LogP contribution in [0.1, 0.15) is 24.8 Å². The molecular weight excluding hydrogens is 190 g/mol. The molecule has 0 aromatic heterocycles. The van der Waals surface area contributed by atoms with Gasteiger partial charge < -0.3 is 9.69 Å². The molecule has 3 nitrogen and oxygen atoms in total. The molecule has 1 aliphatic heterocycles. The van der Waals surface area contributed by atoms with Crippen molar-refractivity contribution in [1.29, 1.82) is 0 Å². The number of rotatable bonds is 1. The molecule has 0 bridgehead atoms. The van der Waals surface area contributed by atoms with Gasteiger partial charge in [-0.2, -0.15) is 0 Å². The summed E-state index contributed by atoms with van der Waals surface area (Å²) < 4.78 is 0. The van der Waals surface area contributed by atoms with Crippen molar-refractivity contribution >= 4 is 17.9 Å². The Morgan fingerprint density at radius 2 is 2.20 bits per heavy atom. The first-order valence-corrected chi connectivity index (χ1v) is 5.06. The summed E-state index contributed by atoms with van der Waals surface area (Å²) in [5.74, 6) is -0.0244. The lowest BCUT2D eigenvalue weighted by atomic mass is 9.91. The van der Waals surface area contributed by atoms with Crippen molar-refractivity contribution in [3.05, 3.63) is 29.8 Å². The lowest BCUT2D eigenvalue weighted by Gasteiger charge is -2.31. The van der Waals surface area contributed by atoms with Crippen molar-refractivity contribution in [3.8, 4) is 0 Å². The Hall–Kier alpha value is -1.64. The quantitative estimate of drug-likeness (QED) is 0.652. The monoisotopic (exact) mass is 203 g/mol. The zero-order valence-electron chi connectivity index (χ0n) is 8.64. The first kappa shape index (κ1) is 9.90. The number of anilines is 1. The van der Waals surface area contributed by atoms with Crippen LogP contribution in [0.3, 0.4) is 0 Å². The Balaban J connectivity index is 2.47. The Labute approximate surface area is 88.7 Å². The maximum Gasteiger partial charge on any atom is 0.223 e. The largest absolute Gasteiger partial charge is 0.312 e. The average molecular weight is 203 g/mol. The summed E-state index contributed by atoms with van der Waals surface area (Å²) in [4.78, 5) is 24.0. The van der Waals surface area contributed by atoms with Crippen LogP contribution in [0.5, 0.6) is 0 Å². The molecule has 0 spiro atoms. The van der Waals surface area contributed by atoms with Crippen LogP contribution >= 0.6 is 0 Å². The fraction of sp³-hybridized carbons (Fsp3) is 0.333. The maximum absolute atomic E-state index is 11.4. The van der Waals surface area contributed by atoms with Gasteiger partial charge in [-0.1, -0.05) is 18.2 Å². The number of hydrogen-bond donors (Lipinski definition) is 0. The Bertz CT molecular complexity index is 400. The van der Waals surface area contributed by atoms with Crippen LogP contribution in [0.25, 0.3) is 0 Å². The molecule has 1 aromatic rings. The molecule has 0 radical (unpaired) electrons. The number of hydrogen-bond acceptors (Lipinski definition) is 2. The van der Waals surface area contributed by atoms with E-state index in [9.17, 15) is 9.59 Å². The molecule has 15 heavy (non-hydrogen) atoms. The summed E-state index contributed by atoms with van der Waals surface area (Å²) in [6.07, 6.45) is 1.69. The summed E-state index contributed by atoms with van der Waals surface area (Å²) in [5, 5.41) is 0. The summed E-state index contributed by atoms with van der Waals surface area (Å²) in [7, 11) is 0. The van der Waals surface area contributed by atoms with E-state index >= 15 is 0 Å². The number of fused-ring (bicyclic) bond motifs is 1. The standard InChI is InChI=1S/C12H13NO2/c1-9(15)13-7-6-10(8-14)11-4-2-3-5-12(11)13/h2-5,8,10H,6-7H2,1H3. The van der Waals surface area contributed by atoms with E-state index in [4.69, 9.17) is 0 Å². The molecule has 1 aromatic carbocycles. The van der Waals surface area contributed by atoms with Crippen molar-refractivity contribution in [2.24, 2.45) is 0 Å². The second-order valence-electron chi connectivity index (χ2n) is 3.76. The van der Waals surface area contributed by atoms with E-state index < -0.39 is 0 Å². The van der Waals surface area contributed by atoms with Crippen molar-refractivity contribution in [2.45, 2.75) is 19.3 Å². The maximum atomic E-state index is 11.4. The fourth-order valence-corrected chi connectivity index (χ4v) is 2.06. The van der Waals surface area contributed by atoms with Crippen LogP contribution in [0, 0.1) is 0 Å². The van der Waals surface area contributed by atoms with Gasteiger partial charge in [-0.15, -0.1) is 0 Å². The van der Waals surface area contributed by atoms with Gasteiger partial charge in [0.2, 0.25) is 5.91 Å². The molecule has 3 heteroatoms.